The van der Waals surface area contributed by atoms with E-state index in [9.17, 15) is 9.90 Å². The molecule has 0 saturated carbocycles. The van der Waals surface area contributed by atoms with Crippen LogP contribution >= 0.6 is 0 Å². The second-order valence-electron chi connectivity index (χ2n) is 5.44. The standard InChI is InChI=1S/C16H18N2O2/c19-15-12-3-1-2-4-13(12)16(20)14(15)10-18-9-11-5-7-17-8-6-11/h1-4,10-11,17,19H,5-9H2/p+1. The van der Waals surface area contributed by atoms with Crippen LogP contribution in [0, 0.1) is 5.92 Å². The number of carbonyl (C=O) groups is 1. The van der Waals surface area contributed by atoms with Gasteiger partial charge in [0.25, 0.3) is 0 Å². The number of rotatable bonds is 3. The molecule has 0 aromatic heterocycles. The fourth-order valence-corrected chi connectivity index (χ4v) is 2.88. The van der Waals surface area contributed by atoms with Gasteiger partial charge in [-0.3, -0.25) is 9.79 Å². The number of piperidine rings is 1. The number of allylic oxidation sites excluding steroid dienone is 1. The molecule has 1 saturated heterocycles. The third kappa shape index (κ3) is 2.39. The van der Waals surface area contributed by atoms with Gasteiger partial charge in [-0.25, -0.2) is 0 Å². The maximum Gasteiger partial charge on any atom is 0.199 e. The van der Waals surface area contributed by atoms with Gasteiger partial charge in [0.1, 0.15) is 5.76 Å². The summed E-state index contributed by atoms with van der Waals surface area (Å²) in [5, 5.41) is 12.4. The molecule has 0 bridgehead atoms. The van der Waals surface area contributed by atoms with Crippen molar-refractivity contribution in [1.29, 1.82) is 0 Å². The van der Waals surface area contributed by atoms with Gasteiger partial charge in [-0.1, -0.05) is 24.3 Å². The fourth-order valence-electron chi connectivity index (χ4n) is 2.88. The molecule has 3 rings (SSSR count). The van der Waals surface area contributed by atoms with E-state index in [0.717, 1.165) is 6.54 Å². The topological polar surface area (TPSA) is 66.3 Å². The van der Waals surface area contributed by atoms with E-state index >= 15 is 0 Å². The molecule has 104 valence electrons. The molecule has 0 atom stereocenters. The van der Waals surface area contributed by atoms with Crippen LogP contribution in [0.5, 0.6) is 0 Å². The van der Waals surface area contributed by atoms with Gasteiger partial charge >= 0.3 is 0 Å². The molecule has 1 heterocycles. The smallest absolute Gasteiger partial charge is 0.199 e. The molecule has 1 aromatic rings. The van der Waals surface area contributed by atoms with Gasteiger partial charge in [0.15, 0.2) is 5.78 Å². The van der Waals surface area contributed by atoms with Crippen LogP contribution in [-0.4, -0.2) is 36.7 Å². The Bertz CT molecular complexity index is 584. The number of Topliss-reactive ketones (excluding diaryl/α,β-unsaturated/α-hetero) is 1. The summed E-state index contributed by atoms with van der Waals surface area (Å²) in [6, 6.07) is 7.13. The predicted molar refractivity (Wildman–Crippen MR) is 78.1 cm³/mol. The van der Waals surface area contributed by atoms with Gasteiger partial charge in [-0.05, 0) is 5.92 Å². The number of aliphatic imine (C=N–C) groups is 1. The molecule has 1 aliphatic heterocycles. The zero-order chi connectivity index (χ0) is 13.9. The number of aliphatic hydroxyl groups excluding tert-OH is 1. The van der Waals surface area contributed by atoms with E-state index in [4.69, 9.17) is 0 Å². The average Bonchev–Trinajstić information content (AvgIpc) is 2.74. The Hall–Kier alpha value is -1.94. The first-order valence-electron chi connectivity index (χ1n) is 7.16. The molecule has 0 spiro atoms. The van der Waals surface area contributed by atoms with Crippen molar-refractivity contribution in [3.05, 3.63) is 41.0 Å². The molecule has 0 amide bonds. The number of nitrogens with two attached hydrogens (primary N) is 1. The lowest BCUT2D eigenvalue weighted by molar-refractivity contribution is -0.664. The van der Waals surface area contributed by atoms with Crippen molar-refractivity contribution in [2.75, 3.05) is 19.6 Å². The maximum absolute atomic E-state index is 12.2. The molecule has 1 aliphatic carbocycles. The van der Waals surface area contributed by atoms with Crippen molar-refractivity contribution in [1.82, 2.24) is 0 Å². The van der Waals surface area contributed by atoms with Gasteiger partial charge in [0.05, 0.1) is 18.7 Å². The van der Waals surface area contributed by atoms with Crippen molar-refractivity contribution in [3.63, 3.8) is 0 Å². The van der Waals surface area contributed by atoms with Gasteiger partial charge in [0.2, 0.25) is 0 Å². The lowest BCUT2D eigenvalue weighted by Crippen LogP contribution is -2.86. The minimum absolute atomic E-state index is 0.0614. The monoisotopic (exact) mass is 271 g/mol. The van der Waals surface area contributed by atoms with Crippen LogP contribution in [-0.2, 0) is 0 Å². The van der Waals surface area contributed by atoms with Crippen LogP contribution in [0.15, 0.2) is 34.8 Å². The molecule has 4 heteroatoms. The molecular formula is C16H19N2O2+. The number of aliphatic hydroxyl groups is 1. The summed E-state index contributed by atoms with van der Waals surface area (Å²) < 4.78 is 0. The molecule has 20 heavy (non-hydrogen) atoms. The third-order valence-corrected chi connectivity index (χ3v) is 4.07. The lowest BCUT2D eigenvalue weighted by Gasteiger charge is -2.17. The molecule has 1 fully saturated rings. The second-order valence-corrected chi connectivity index (χ2v) is 5.44. The van der Waals surface area contributed by atoms with Crippen molar-refractivity contribution >= 4 is 17.8 Å². The molecule has 2 aliphatic rings. The predicted octanol–water partition coefficient (Wildman–Crippen LogP) is 1.20. The molecule has 3 N–H and O–H groups in total. The molecule has 1 aromatic carbocycles. The van der Waals surface area contributed by atoms with Crippen molar-refractivity contribution in [3.8, 4) is 0 Å². The Balaban J connectivity index is 1.72. The number of hydrogen-bond acceptors (Lipinski definition) is 3. The van der Waals surface area contributed by atoms with E-state index in [2.05, 4.69) is 10.3 Å². The van der Waals surface area contributed by atoms with Crippen LogP contribution in [0.4, 0.5) is 0 Å². The Labute approximate surface area is 118 Å². The van der Waals surface area contributed by atoms with E-state index in [1.54, 1.807) is 18.3 Å². The van der Waals surface area contributed by atoms with Gasteiger partial charge in [-0.15, -0.1) is 0 Å². The average molecular weight is 271 g/mol. The SMILES string of the molecule is O=C1C(C=NCC2CC[NH2+]CC2)=C(O)c2ccccc21. The first kappa shape index (κ1) is 13.1. The quantitative estimate of drug-likeness (QED) is 0.811. The minimum Gasteiger partial charge on any atom is -0.506 e. The number of benzene rings is 1. The number of carbonyl (C=O) groups excluding carboxylic acids is 1. The fraction of sp³-hybridized carbons (Fsp3) is 0.375. The number of ketones is 1. The Morgan fingerprint density at radius 3 is 2.65 bits per heavy atom. The molecule has 0 unspecified atom stereocenters. The summed E-state index contributed by atoms with van der Waals surface area (Å²) in [4.78, 5) is 16.6. The van der Waals surface area contributed by atoms with Gasteiger partial charge in [0, 0.05) is 36.7 Å². The Kier molecular flexibility index (Phi) is 3.65. The maximum atomic E-state index is 12.2. The number of hydrogen-bond donors (Lipinski definition) is 2. The van der Waals surface area contributed by atoms with Crippen molar-refractivity contribution < 1.29 is 15.2 Å². The molecular weight excluding hydrogens is 252 g/mol. The highest BCUT2D eigenvalue weighted by molar-refractivity contribution is 6.30. The summed E-state index contributed by atoms with van der Waals surface area (Å²) in [6.45, 7) is 3.07. The van der Waals surface area contributed by atoms with Crippen LogP contribution < -0.4 is 5.32 Å². The normalized spacial score (nSPS) is 19.9. The highest BCUT2D eigenvalue weighted by Gasteiger charge is 2.27. The molecule has 4 nitrogen and oxygen atoms in total. The highest BCUT2D eigenvalue weighted by Crippen LogP contribution is 2.29. The van der Waals surface area contributed by atoms with Gasteiger partial charge in [-0.2, -0.15) is 0 Å². The van der Waals surface area contributed by atoms with E-state index < -0.39 is 0 Å². The van der Waals surface area contributed by atoms with Crippen LogP contribution in [0.25, 0.3) is 5.76 Å². The van der Waals surface area contributed by atoms with E-state index in [1.165, 1.54) is 25.9 Å². The Morgan fingerprint density at radius 1 is 1.25 bits per heavy atom. The van der Waals surface area contributed by atoms with Crippen molar-refractivity contribution in [2.24, 2.45) is 10.9 Å². The zero-order valence-electron chi connectivity index (χ0n) is 11.4. The van der Waals surface area contributed by atoms with Crippen LogP contribution in [0.3, 0.4) is 0 Å². The summed E-state index contributed by atoms with van der Waals surface area (Å²) in [5.41, 5.74) is 1.51. The summed E-state index contributed by atoms with van der Waals surface area (Å²) >= 11 is 0. The number of nitrogens with zero attached hydrogens (tertiary/aromatic N) is 1. The van der Waals surface area contributed by atoms with E-state index in [-0.39, 0.29) is 11.5 Å². The van der Waals surface area contributed by atoms with E-state index in [0.29, 0.717) is 22.6 Å². The third-order valence-electron chi connectivity index (χ3n) is 4.07. The van der Waals surface area contributed by atoms with Gasteiger partial charge < -0.3 is 10.4 Å². The number of fused-ring (bicyclic) bond motifs is 1. The molecule has 0 radical (unpaired) electrons. The first-order chi connectivity index (χ1) is 9.77. The highest BCUT2D eigenvalue weighted by atomic mass is 16.3. The summed E-state index contributed by atoms with van der Waals surface area (Å²) in [6.07, 6.45) is 3.91. The summed E-state index contributed by atoms with van der Waals surface area (Å²) in [5.74, 6) is 0.544. The number of quaternary nitrogens is 1. The van der Waals surface area contributed by atoms with Crippen LogP contribution in [0.1, 0.15) is 28.8 Å². The van der Waals surface area contributed by atoms with E-state index in [1.807, 2.05) is 12.1 Å². The Morgan fingerprint density at radius 2 is 1.95 bits per heavy atom. The lowest BCUT2D eigenvalue weighted by atomic mass is 9.98. The summed E-state index contributed by atoms with van der Waals surface area (Å²) in [7, 11) is 0. The second kappa shape index (κ2) is 5.59. The van der Waals surface area contributed by atoms with Crippen LogP contribution in [0.2, 0.25) is 0 Å². The zero-order valence-corrected chi connectivity index (χ0v) is 11.4. The minimum atomic E-state index is -0.126. The largest absolute Gasteiger partial charge is 0.506 e. The first-order valence-corrected chi connectivity index (χ1v) is 7.16. The van der Waals surface area contributed by atoms with Crippen molar-refractivity contribution in [2.45, 2.75) is 12.8 Å².